The van der Waals surface area contributed by atoms with Gasteiger partial charge in [0.1, 0.15) is 5.52 Å². The third-order valence-electron chi connectivity index (χ3n) is 1.98. The molecule has 0 bridgehead atoms. The number of fused-ring (bicyclic) bond motifs is 1. The molecule has 0 atom stereocenters. The number of aromatic amines is 1. The molecule has 0 fully saturated rings. The van der Waals surface area contributed by atoms with E-state index >= 15 is 0 Å². The molecule has 92 valence electrons. The smallest absolute Gasteiger partial charge is 0.550 e. The van der Waals surface area contributed by atoms with E-state index in [1.165, 1.54) is 11.6 Å². The van der Waals surface area contributed by atoms with Crippen molar-refractivity contribution in [2.75, 3.05) is 0 Å². The van der Waals surface area contributed by atoms with Crippen molar-refractivity contribution in [3.8, 4) is 0 Å². The summed E-state index contributed by atoms with van der Waals surface area (Å²) < 4.78 is 2.32. The van der Waals surface area contributed by atoms with E-state index in [1.54, 1.807) is 7.05 Å². The maximum Gasteiger partial charge on any atom is 1.00 e. The van der Waals surface area contributed by atoms with E-state index in [0.717, 1.165) is 11.5 Å². The van der Waals surface area contributed by atoms with Gasteiger partial charge in [-0.1, -0.05) is 0 Å². The maximum absolute atomic E-state index is 11.4. The molecule has 0 saturated heterocycles. The van der Waals surface area contributed by atoms with Crippen LogP contribution in [-0.2, 0) is 46.6 Å². The molecule has 0 aliphatic carbocycles. The average Bonchev–Trinajstić information content (AvgIpc) is 2.71. The summed E-state index contributed by atoms with van der Waals surface area (Å²) in [5.41, 5.74) is -0.150. The number of nitrogens with zero attached hydrogens (tertiary/aromatic N) is 3. The first-order chi connectivity index (χ1) is 7.86. The SMILES string of the molecule is CC(=O)[O-].Cn1c(=O)c2[nH][c]nc2n(C)c1=O.[Hg+]. The molecule has 0 aliphatic rings. The van der Waals surface area contributed by atoms with Crippen LogP contribution in [0.5, 0.6) is 0 Å². The van der Waals surface area contributed by atoms with Gasteiger partial charge in [0.25, 0.3) is 5.56 Å². The van der Waals surface area contributed by atoms with E-state index in [9.17, 15) is 9.59 Å². The van der Waals surface area contributed by atoms with Crippen LogP contribution < -0.4 is 16.4 Å². The van der Waals surface area contributed by atoms with Crippen molar-refractivity contribution in [3.05, 3.63) is 27.2 Å². The molecule has 1 N–H and O–H groups in total. The fourth-order valence-corrected chi connectivity index (χ4v) is 1.21. The van der Waals surface area contributed by atoms with Gasteiger partial charge in [0.2, 0.25) is 0 Å². The molecule has 0 saturated carbocycles. The average molecular weight is 439 g/mol. The fraction of sp³-hybridized carbons (Fsp3) is 0.333. The number of H-pyrrole nitrogens is 1. The summed E-state index contributed by atoms with van der Waals surface area (Å²) in [5, 5.41) is 8.89. The van der Waals surface area contributed by atoms with E-state index in [2.05, 4.69) is 16.3 Å². The van der Waals surface area contributed by atoms with Crippen LogP contribution in [0.15, 0.2) is 9.59 Å². The predicted octanol–water partition coefficient (Wildman–Crippen LogP) is -2.49. The molecule has 0 unspecified atom stereocenters. The molecule has 2 radical (unpaired) electrons. The summed E-state index contributed by atoms with van der Waals surface area (Å²) in [5.74, 6) is -1.08. The van der Waals surface area contributed by atoms with E-state index in [-0.39, 0.29) is 33.2 Å². The number of carboxylic acid groups (broad SMARTS) is 1. The third-order valence-corrected chi connectivity index (χ3v) is 1.98. The molecule has 2 aromatic heterocycles. The maximum atomic E-state index is 11.4. The van der Waals surface area contributed by atoms with Gasteiger partial charge < -0.3 is 14.9 Å². The molecular weight excluding hydrogens is 429 g/mol. The van der Waals surface area contributed by atoms with Gasteiger partial charge in [-0.25, -0.2) is 9.78 Å². The van der Waals surface area contributed by atoms with Crippen molar-refractivity contribution in [3.63, 3.8) is 0 Å². The van der Waals surface area contributed by atoms with Gasteiger partial charge in [0.15, 0.2) is 12.0 Å². The van der Waals surface area contributed by atoms with Crippen molar-refractivity contribution in [1.29, 1.82) is 0 Å². The van der Waals surface area contributed by atoms with Gasteiger partial charge in [-0.2, -0.15) is 0 Å². The third kappa shape index (κ3) is 3.28. The number of carbonyl (C=O) groups excluding carboxylic acids is 1. The largest absolute Gasteiger partial charge is 1.00 e. The molecule has 0 amide bonds. The monoisotopic (exact) mass is 440 g/mol. The van der Waals surface area contributed by atoms with Gasteiger partial charge in [-0.3, -0.25) is 13.9 Å². The Balaban J connectivity index is 0.000000512. The van der Waals surface area contributed by atoms with Crippen LogP contribution in [0.25, 0.3) is 11.2 Å². The van der Waals surface area contributed by atoms with Crippen molar-refractivity contribution >= 4 is 17.1 Å². The van der Waals surface area contributed by atoms with Gasteiger partial charge >= 0.3 is 33.4 Å². The molecule has 0 aromatic carbocycles. The van der Waals surface area contributed by atoms with E-state index in [1.807, 2.05) is 0 Å². The van der Waals surface area contributed by atoms with Crippen LogP contribution in [0.4, 0.5) is 0 Å². The minimum atomic E-state index is -1.08. The van der Waals surface area contributed by atoms with Crippen molar-refractivity contribution < 1.29 is 37.6 Å². The first-order valence-electron chi connectivity index (χ1n) is 4.55. The van der Waals surface area contributed by atoms with Crippen molar-refractivity contribution in [2.45, 2.75) is 6.92 Å². The molecule has 9 heteroatoms. The zero-order chi connectivity index (χ0) is 13.2. The number of nitrogens with one attached hydrogen (secondary N) is 1. The minimum Gasteiger partial charge on any atom is -0.550 e. The summed E-state index contributed by atoms with van der Waals surface area (Å²) in [6.45, 7) is 0.972. The molecule has 2 rings (SSSR count). The zero-order valence-corrected chi connectivity index (χ0v) is 15.7. The Morgan fingerprint density at radius 1 is 1.33 bits per heavy atom. The first-order valence-corrected chi connectivity index (χ1v) is 4.55. The number of rotatable bonds is 0. The van der Waals surface area contributed by atoms with Crippen LogP contribution >= 0.6 is 0 Å². The second-order valence-corrected chi connectivity index (χ2v) is 3.24. The van der Waals surface area contributed by atoms with Crippen LogP contribution in [-0.4, -0.2) is 25.1 Å². The number of aliphatic carboxylic acids is 1. The Bertz CT molecular complexity index is 665. The first kappa shape index (κ1) is 16.6. The Labute approximate surface area is 122 Å². The Morgan fingerprint density at radius 3 is 2.33 bits per heavy atom. The second kappa shape index (κ2) is 6.48. The topological polar surface area (TPSA) is 113 Å². The fourth-order valence-electron chi connectivity index (χ4n) is 1.21. The number of aromatic nitrogens is 4. The summed E-state index contributed by atoms with van der Waals surface area (Å²) >= 11 is 0. The standard InChI is InChI=1S/C7H7N4O2.C2H4O2.Hg/c1-10-5-4(8-3-9-5)6(12)11(2)7(10)13;1-2(3)4;/h1-2H3,(H,8,9);1H3,(H,3,4);/q;;+1/p-1. The van der Waals surface area contributed by atoms with E-state index < -0.39 is 11.7 Å². The summed E-state index contributed by atoms with van der Waals surface area (Å²) in [6.07, 6.45) is 2.43. The molecule has 0 aliphatic heterocycles. The Hall–Kier alpha value is -1.44. The summed E-state index contributed by atoms with van der Waals surface area (Å²) in [6, 6.07) is 0. The molecule has 18 heavy (non-hydrogen) atoms. The number of hydrogen-bond donors (Lipinski definition) is 1. The molecular formula is C9H10HgN4O4. The quantitative estimate of drug-likeness (QED) is 0.457. The predicted molar refractivity (Wildman–Crippen MR) is 56.1 cm³/mol. The molecule has 2 heterocycles. The summed E-state index contributed by atoms with van der Waals surface area (Å²) in [7, 11) is 2.98. The van der Waals surface area contributed by atoms with Crippen LogP contribution in [0, 0.1) is 6.33 Å². The van der Waals surface area contributed by atoms with Crippen LogP contribution in [0.3, 0.4) is 0 Å². The van der Waals surface area contributed by atoms with Gasteiger partial charge in [0, 0.05) is 20.1 Å². The molecule has 8 nitrogen and oxygen atoms in total. The normalized spacial score (nSPS) is 9.28. The van der Waals surface area contributed by atoms with E-state index in [4.69, 9.17) is 9.90 Å². The number of carbonyl (C=O) groups is 1. The van der Waals surface area contributed by atoms with Gasteiger partial charge in [0.05, 0.1) is 0 Å². The van der Waals surface area contributed by atoms with Crippen molar-refractivity contribution in [1.82, 2.24) is 19.1 Å². The minimum absolute atomic E-state index is 0. The van der Waals surface area contributed by atoms with Crippen LogP contribution in [0.1, 0.15) is 6.92 Å². The van der Waals surface area contributed by atoms with Crippen molar-refractivity contribution in [2.24, 2.45) is 14.1 Å². The number of carboxylic acids is 1. The molecule has 0 spiro atoms. The van der Waals surface area contributed by atoms with E-state index in [0.29, 0.717) is 11.2 Å². The molecule has 2 aromatic rings. The van der Waals surface area contributed by atoms with Gasteiger partial charge in [-0.05, 0) is 6.92 Å². The number of aryl methyl sites for hydroxylation is 1. The number of imidazole rings is 1. The zero-order valence-electron chi connectivity index (χ0n) is 10.2. The Morgan fingerprint density at radius 2 is 1.83 bits per heavy atom. The second-order valence-electron chi connectivity index (χ2n) is 3.24. The summed E-state index contributed by atoms with van der Waals surface area (Å²) in [4.78, 5) is 38.0. The Kier molecular flexibility index (Phi) is 5.96. The number of hydrogen-bond acceptors (Lipinski definition) is 5. The van der Waals surface area contributed by atoms with Crippen LogP contribution in [0.2, 0.25) is 0 Å². The van der Waals surface area contributed by atoms with Gasteiger partial charge in [-0.15, -0.1) is 0 Å².